The van der Waals surface area contributed by atoms with Gasteiger partial charge in [0.15, 0.2) is 11.6 Å². The zero-order valence-electron chi connectivity index (χ0n) is 17.6. The molecule has 1 aliphatic rings. The molecule has 3 rings (SSSR count). The second kappa shape index (κ2) is 9.60. The van der Waals surface area contributed by atoms with Gasteiger partial charge in [0, 0.05) is 23.1 Å². The molecule has 1 heterocycles. The van der Waals surface area contributed by atoms with Crippen molar-refractivity contribution in [2.24, 2.45) is 5.92 Å². The van der Waals surface area contributed by atoms with Gasteiger partial charge in [-0.05, 0) is 42.2 Å². The minimum absolute atomic E-state index is 0.0108. The van der Waals surface area contributed by atoms with Gasteiger partial charge in [-0.15, -0.1) is 0 Å². The van der Waals surface area contributed by atoms with Gasteiger partial charge in [-0.2, -0.15) is 0 Å². The van der Waals surface area contributed by atoms with Gasteiger partial charge in [0.2, 0.25) is 5.91 Å². The molecule has 31 heavy (non-hydrogen) atoms. The van der Waals surface area contributed by atoms with Crippen LogP contribution in [-0.2, 0) is 20.9 Å². The molecule has 1 aliphatic heterocycles. The molecule has 1 unspecified atom stereocenters. The van der Waals surface area contributed by atoms with Crippen molar-refractivity contribution >= 4 is 23.5 Å². The molecule has 2 aromatic rings. The Balaban J connectivity index is 2.03. The van der Waals surface area contributed by atoms with Crippen LogP contribution in [0.4, 0.5) is 8.78 Å². The van der Waals surface area contributed by atoms with Crippen molar-refractivity contribution < 1.29 is 23.1 Å². The van der Waals surface area contributed by atoms with E-state index in [1.54, 1.807) is 31.2 Å². The van der Waals surface area contributed by atoms with Crippen LogP contribution in [0.15, 0.2) is 53.7 Å². The Hall–Kier alpha value is -2.73. The number of hydrogen-bond acceptors (Lipinski definition) is 3. The Morgan fingerprint density at radius 3 is 2.55 bits per heavy atom. The van der Waals surface area contributed by atoms with Crippen LogP contribution >= 0.6 is 11.6 Å². The summed E-state index contributed by atoms with van der Waals surface area (Å²) in [6, 6.07) is 10.5. The van der Waals surface area contributed by atoms with E-state index in [2.05, 4.69) is 0 Å². The summed E-state index contributed by atoms with van der Waals surface area (Å²) < 4.78 is 32.4. The first-order valence-electron chi connectivity index (χ1n) is 10.1. The summed E-state index contributed by atoms with van der Waals surface area (Å²) in [6.07, 6.45) is 0.0108. The van der Waals surface area contributed by atoms with Crippen molar-refractivity contribution in [3.63, 3.8) is 0 Å². The van der Waals surface area contributed by atoms with Crippen LogP contribution in [0.25, 0.3) is 0 Å². The summed E-state index contributed by atoms with van der Waals surface area (Å²) in [5, 5.41) is 0.455. The maximum absolute atomic E-state index is 13.7. The Kier molecular flexibility index (Phi) is 7.11. The zero-order chi connectivity index (χ0) is 22.7. The molecule has 0 saturated carbocycles. The lowest BCUT2D eigenvalue weighted by atomic mass is 9.83. The largest absolute Gasteiger partial charge is 0.462 e. The summed E-state index contributed by atoms with van der Waals surface area (Å²) in [6.45, 7) is 5.77. The molecule has 0 radical (unpaired) electrons. The van der Waals surface area contributed by atoms with Crippen LogP contribution in [0.1, 0.15) is 44.2 Å². The molecule has 0 aromatic heterocycles. The molecule has 4 nitrogen and oxygen atoms in total. The number of benzene rings is 2. The minimum Gasteiger partial charge on any atom is -0.462 e. The lowest BCUT2D eigenvalue weighted by Gasteiger charge is -2.35. The predicted molar refractivity (Wildman–Crippen MR) is 114 cm³/mol. The summed E-state index contributed by atoms with van der Waals surface area (Å²) in [7, 11) is 0. The van der Waals surface area contributed by atoms with Crippen molar-refractivity contribution in [1.29, 1.82) is 0 Å². The Labute approximate surface area is 185 Å². The predicted octanol–water partition coefficient (Wildman–Crippen LogP) is 5.61. The molecular weight excluding hydrogens is 424 g/mol. The fraction of sp³-hybridized carbons (Fsp3) is 0.333. The molecule has 0 N–H and O–H groups in total. The fourth-order valence-corrected chi connectivity index (χ4v) is 3.90. The maximum atomic E-state index is 13.7. The van der Waals surface area contributed by atoms with E-state index in [0.29, 0.717) is 27.4 Å². The average molecular weight is 448 g/mol. The third-order valence-corrected chi connectivity index (χ3v) is 5.54. The van der Waals surface area contributed by atoms with Gasteiger partial charge in [-0.1, -0.05) is 49.7 Å². The normalized spacial score (nSPS) is 16.8. The van der Waals surface area contributed by atoms with Gasteiger partial charge in [-0.25, -0.2) is 13.6 Å². The Morgan fingerprint density at radius 2 is 1.90 bits per heavy atom. The van der Waals surface area contributed by atoms with Crippen molar-refractivity contribution in [3.8, 4) is 0 Å². The van der Waals surface area contributed by atoms with Crippen LogP contribution < -0.4 is 0 Å². The number of ether oxygens (including phenoxy) is 1. The molecule has 0 spiro atoms. The highest BCUT2D eigenvalue weighted by Gasteiger charge is 2.37. The third-order valence-electron chi connectivity index (χ3n) is 5.20. The number of nitrogens with zero attached hydrogens (tertiary/aromatic N) is 1. The number of esters is 1. The molecular formula is C24H24ClF2NO3. The van der Waals surface area contributed by atoms with Crippen molar-refractivity contribution in [3.05, 3.63) is 81.5 Å². The number of allylic oxidation sites excluding steroid dienone is 1. The highest BCUT2D eigenvalue weighted by atomic mass is 35.5. The number of halogens is 3. The van der Waals surface area contributed by atoms with E-state index in [9.17, 15) is 18.4 Å². The van der Waals surface area contributed by atoms with E-state index in [1.165, 1.54) is 11.0 Å². The quantitative estimate of drug-likeness (QED) is 0.541. The highest BCUT2D eigenvalue weighted by molar-refractivity contribution is 6.31. The SMILES string of the molecule is CC1=C(C(=O)OCC(C)C)C(c2ccccc2Cl)CC(=O)N1Cc1ccc(F)c(F)c1. The third kappa shape index (κ3) is 5.13. The van der Waals surface area contributed by atoms with Gasteiger partial charge >= 0.3 is 5.97 Å². The number of carbonyl (C=O) groups excluding carboxylic acids is 2. The summed E-state index contributed by atoms with van der Waals surface area (Å²) in [4.78, 5) is 27.5. The highest BCUT2D eigenvalue weighted by Crippen LogP contribution is 2.40. The monoisotopic (exact) mass is 447 g/mol. The van der Waals surface area contributed by atoms with Crippen LogP contribution in [0.3, 0.4) is 0 Å². The van der Waals surface area contributed by atoms with Gasteiger partial charge < -0.3 is 9.64 Å². The fourth-order valence-electron chi connectivity index (χ4n) is 3.63. The molecule has 0 fully saturated rings. The lowest BCUT2D eigenvalue weighted by Crippen LogP contribution is -2.38. The molecule has 0 aliphatic carbocycles. The molecule has 0 saturated heterocycles. The molecule has 7 heteroatoms. The standard InChI is InChI=1S/C24H24ClF2NO3/c1-14(2)13-31-24(30)23-15(3)28(12-16-8-9-20(26)21(27)10-16)22(29)11-18(23)17-6-4-5-7-19(17)25/h4-10,14,18H,11-13H2,1-3H3. The molecule has 1 atom stereocenters. The van der Waals surface area contributed by atoms with Crippen molar-refractivity contribution in [1.82, 2.24) is 4.90 Å². The second-order valence-electron chi connectivity index (χ2n) is 8.00. The van der Waals surface area contributed by atoms with Gasteiger partial charge in [0.25, 0.3) is 0 Å². The number of carbonyl (C=O) groups is 2. The minimum atomic E-state index is -0.992. The molecule has 0 bridgehead atoms. The van der Waals surface area contributed by atoms with Crippen LogP contribution in [0, 0.1) is 17.6 Å². The molecule has 164 valence electrons. The van der Waals surface area contributed by atoms with E-state index in [0.717, 1.165) is 12.1 Å². The van der Waals surface area contributed by atoms with E-state index in [1.807, 2.05) is 13.8 Å². The summed E-state index contributed by atoms with van der Waals surface area (Å²) in [5.41, 5.74) is 1.84. The van der Waals surface area contributed by atoms with Gasteiger partial charge in [-0.3, -0.25) is 4.79 Å². The first-order valence-corrected chi connectivity index (χ1v) is 10.4. The summed E-state index contributed by atoms with van der Waals surface area (Å²) >= 11 is 6.37. The molecule has 1 amide bonds. The van der Waals surface area contributed by atoms with Crippen LogP contribution in [0.2, 0.25) is 5.02 Å². The van der Waals surface area contributed by atoms with Gasteiger partial charge in [0.05, 0.1) is 18.7 Å². The number of hydrogen-bond donors (Lipinski definition) is 0. The lowest BCUT2D eigenvalue weighted by molar-refractivity contribution is -0.141. The smallest absolute Gasteiger partial charge is 0.336 e. The van der Waals surface area contributed by atoms with Crippen molar-refractivity contribution in [2.45, 2.75) is 39.7 Å². The van der Waals surface area contributed by atoms with E-state index in [4.69, 9.17) is 16.3 Å². The maximum Gasteiger partial charge on any atom is 0.336 e. The summed E-state index contributed by atoms with van der Waals surface area (Å²) in [5.74, 6) is -3.12. The van der Waals surface area contributed by atoms with Crippen LogP contribution in [-0.4, -0.2) is 23.4 Å². The average Bonchev–Trinajstić information content (AvgIpc) is 2.72. The Bertz CT molecular complexity index is 1040. The van der Waals surface area contributed by atoms with E-state index >= 15 is 0 Å². The zero-order valence-corrected chi connectivity index (χ0v) is 18.4. The first-order chi connectivity index (χ1) is 14.7. The number of rotatable bonds is 6. The Morgan fingerprint density at radius 1 is 1.19 bits per heavy atom. The van der Waals surface area contributed by atoms with Crippen molar-refractivity contribution in [2.75, 3.05) is 6.61 Å². The van der Waals surface area contributed by atoms with E-state index in [-0.39, 0.29) is 31.4 Å². The van der Waals surface area contributed by atoms with Gasteiger partial charge in [0.1, 0.15) is 0 Å². The first kappa shape index (κ1) is 22.9. The molecule has 2 aromatic carbocycles. The second-order valence-corrected chi connectivity index (χ2v) is 8.41. The van der Waals surface area contributed by atoms with Crippen LogP contribution in [0.5, 0.6) is 0 Å². The number of amides is 1. The van der Waals surface area contributed by atoms with E-state index < -0.39 is 23.5 Å². The topological polar surface area (TPSA) is 46.6 Å².